The standard InChI is InChI=1S/C28H23BrN4O5S2/c1-4-37-23-15-18(14-22(29)24(23)38-40(35,36)20-11-7-17(3)8-12-20)13-21-25(30)33-28(31-26(21)34)39-27(32-33)19-9-5-16(2)6-10-19/h5-15,30H,4H2,1-3H3/b21-13-,30-25?. The number of hydrazone groups is 1. The van der Waals surface area contributed by atoms with Crippen molar-refractivity contribution in [2.45, 2.75) is 25.7 Å². The van der Waals surface area contributed by atoms with Crippen LogP contribution in [-0.2, 0) is 14.9 Å². The summed E-state index contributed by atoms with van der Waals surface area (Å²) in [5.41, 5.74) is 3.37. The first-order valence-electron chi connectivity index (χ1n) is 12.1. The molecule has 1 amide bonds. The van der Waals surface area contributed by atoms with Crippen LogP contribution in [0.25, 0.3) is 6.08 Å². The molecular formula is C28H23BrN4O5S2. The maximum atomic E-state index is 12.9. The lowest BCUT2D eigenvalue weighted by Crippen LogP contribution is -2.35. The molecular weight excluding hydrogens is 616 g/mol. The minimum Gasteiger partial charge on any atom is -0.490 e. The number of nitrogens with one attached hydrogen (secondary N) is 1. The molecule has 0 atom stereocenters. The number of aliphatic imine (C=N–C) groups is 1. The first-order valence-corrected chi connectivity index (χ1v) is 15.1. The van der Waals surface area contributed by atoms with E-state index in [1.54, 1.807) is 31.2 Å². The predicted molar refractivity (Wildman–Crippen MR) is 160 cm³/mol. The van der Waals surface area contributed by atoms with E-state index in [9.17, 15) is 13.2 Å². The number of carbonyl (C=O) groups is 1. The zero-order valence-corrected chi connectivity index (χ0v) is 24.9. The fraction of sp³-hybridized carbons (Fsp3) is 0.143. The molecule has 12 heteroatoms. The van der Waals surface area contributed by atoms with Crippen LogP contribution in [0.2, 0.25) is 0 Å². The molecule has 0 saturated heterocycles. The summed E-state index contributed by atoms with van der Waals surface area (Å²) in [6.45, 7) is 5.83. The van der Waals surface area contributed by atoms with Gasteiger partial charge in [-0.1, -0.05) is 47.5 Å². The molecule has 2 aliphatic rings. The number of thioether (sulfide) groups is 1. The predicted octanol–water partition coefficient (Wildman–Crippen LogP) is 5.90. The lowest BCUT2D eigenvalue weighted by Gasteiger charge is -2.20. The third kappa shape index (κ3) is 5.60. The third-order valence-corrected chi connectivity index (χ3v) is 8.68. The highest BCUT2D eigenvalue weighted by atomic mass is 79.9. The number of amidine groups is 2. The molecule has 0 bridgehead atoms. The van der Waals surface area contributed by atoms with Crippen molar-refractivity contribution in [3.05, 3.63) is 93.0 Å². The number of fused-ring (bicyclic) bond motifs is 1. The normalized spacial score (nSPS) is 16.1. The summed E-state index contributed by atoms with van der Waals surface area (Å²) >= 11 is 4.61. The van der Waals surface area contributed by atoms with Gasteiger partial charge in [0.25, 0.3) is 5.91 Å². The van der Waals surface area contributed by atoms with Gasteiger partial charge < -0.3 is 8.92 Å². The van der Waals surface area contributed by atoms with E-state index in [4.69, 9.17) is 14.3 Å². The minimum atomic E-state index is -4.15. The van der Waals surface area contributed by atoms with Gasteiger partial charge in [0.1, 0.15) is 9.94 Å². The van der Waals surface area contributed by atoms with Gasteiger partial charge in [-0.05, 0) is 84.4 Å². The fourth-order valence-corrected chi connectivity index (χ4v) is 6.35. The zero-order chi connectivity index (χ0) is 28.6. The molecule has 0 fully saturated rings. The van der Waals surface area contributed by atoms with Gasteiger partial charge in [0.05, 0.1) is 16.7 Å². The number of hydrogen-bond donors (Lipinski definition) is 1. The van der Waals surface area contributed by atoms with Crippen molar-refractivity contribution in [1.29, 1.82) is 5.41 Å². The molecule has 1 N–H and O–H groups in total. The van der Waals surface area contributed by atoms with E-state index in [0.717, 1.165) is 16.7 Å². The van der Waals surface area contributed by atoms with Crippen molar-refractivity contribution in [2.75, 3.05) is 6.61 Å². The molecule has 9 nitrogen and oxygen atoms in total. The van der Waals surface area contributed by atoms with Crippen LogP contribution in [-0.4, -0.2) is 42.0 Å². The Morgan fingerprint density at radius 2 is 1.70 bits per heavy atom. The van der Waals surface area contributed by atoms with Crippen molar-refractivity contribution in [2.24, 2.45) is 10.1 Å². The SMILES string of the molecule is CCOc1cc(/C=C2/C(=N)N3N=C(c4ccc(C)cc4)SC3=NC2=O)cc(Br)c1OS(=O)(=O)c1ccc(C)cc1. The number of aryl methyl sites for hydroxylation is 2. The number of rotatable bonds is 7. The van der Waals surface area contributed by atoms with Gasteiger partial charge >= 0.3 is 10.1 Å². The lowest BCUT2D eigenvalue weighted by molar-refractivity contribution is -0.114. The largest absolute Gasteiger partial charge is 0.490 e. The second-order valence-corrected chi connectivity index (χ2v) is 12.3. The molecule has 3 aromatic carbocycles. The summed E-state index contributed by atoms with van der Waals surface area (Å²) in [6.07, 6.45) is 1.49. The first-order chi connectivity index (χ1) is 19.1. The first kappa shape index (κ1) is 27.8. The second-order valence-electron chi connectivity index (χ2n) is 8.90. The summed E-state index contributed by atoms with van der Waals surface area (Å²) in [4.78, 5) is 17.1. The fourth-order valence-electron chi connectivity index (χ4n) is 3.85. The number of nitrogens with zero attached hydrogens (tertiary/aromatic N) is 3. The van der Waals surface area contributed by atoms with Gasteiger partial charge in [-0.25, -0.2) is 0 Å². The van der Waals surface area contributed by atoms with E-state index < -0.39 is 16.0 Å². The highest BCUT2D eigenvalue weighted by molar-refractivity contribution is 9.10. The highest BCUT2D eigenvalue weighted by Crippen LogP contribution is 2.40. The Bertz CT molecular complexity index is 1730. The van der Waals surface area contributed by atoms with E-state index in [1.807, 2.05) is 38.1 Å². The van der Waals surface area contributed by atoms with Crippen LogP contribution in [0.1, 0.15) is 29.2 Å². The number of hydrogen-bond acceptors (Lipinski definition) is 8. The zero-order valence-electron chi connectivity index (χ0n) is 21.6. The molecule has 0 unspecified atom stereocenters. The van der Waals surface area contributed by atoms with E-state index >= 15 is 0 Å². The van der Waals surface area contributed by atoms with E-state index in [-0.39, 0.29) is 38.9 Å². The van der Waals surface area contributed by atoms with Crippen LogP contribution in [0.15, 0.2) is 85.7 Å². The summed E-state index contributed by atoms with van der Waals surface area (Å²) < 4.78 is 37.3. The number of carbonyl (C=O) groups excluding carboxylic acids is 1. The molecule has 40 heavy (non-hydrogen) atoms. The smallest absolute Gasteiger partial charge is 0.339 e. The van der Waals surface area contributed by atoms with Crippen LogP contribution >= 0.6 is 27.7 Å². The summed E-state index contributed by atoms with van der Waals surface area (Å²) in [6, 6.07) is 17.2. The second kappa shape index (κ2) is 11.0. The average molecular weight is 640 g/mol. The summed E-state index contributed by atoms with van der Waals surface area (Å²) in [5, 5.41) is 15.5. The molecule has 204 valence electrons. The number of benzene rings is 3. The van der Waals surface area contributed by atoms with Crippen molar-refractivity contribution < 1.29 is 22.1 Å². The maximum absolute atomic E-state index is 12.9. The topological polar surface area (TPSA) is 121 Å². The van der Waals surface area contributed by atoms with Crippen LogP contribution < -0.4 is 8.92 Å². The van der Waals surface area contributed by atoms with Crippen LogP contribution in [0.3, 0.4) is 0 Å². The van der Waals surface area contributed by atoms with Crippen molar-refractivity contribution in [1.82, 2.24) is 5.01 Å². The van der Waals surface area contributed by atoms with Gasteiger partial charge in [0.2, 0.25) is 5.17 Å². The van der Waals surface area contributed by atoms with Gasteiger partial charge in [0, 0.05) is 5.56 Å². The Kier molecular flexibility index (Phi) is 7.67. The molecule has 0 aliphatic carbocycles. The third-order valence-electron chi connectivity index (χ3n) is 5.90. The quantitative estimate of drug-likeness (QED) is 0.252. The molecule has 5 rings (SSSR count). The molecule has 0 spiro atoms. The summed E-state index contributed by atoms with van der Waals surface area (Å²) in [7, 11) is -4.15. The molecule has 0 radical (unpaired) electrons. The van der Waals surface area contributed by atoms with E-state index in [0.29, 0.717) is 15.8 Å². The molecule has 2 aliphatic heterocycles. The number of ether oxygens (including phenoxy) is 1. The minimum absolute atomic E-state index is 0.00241. The van der Waals surface area contributed by atoms with E-state index in [2.05, 4.69) is 26.0 Å². The molecule has 0 saturated carbocycles. The van der Waals surface area contributed by atoms with Crippen molar-refractivity contribution >= 4 is 65.8 Å². The van der Waals surface area contributed by atoms with Crippen molar-refractivity contribution in [3.63, 3.8) is 0 Å². The van der Waals surface area contributed by atoms with E-state index in [1.165, 1.54) is 35.0 Å². The monoisotopic (exact) mass is 638 g/mol. The van der Waals surface area contributed by atoms with Crippen LogP contribution in [0.4, 0.5) is 0 Å². The maximum Gasteiger partial charge on any atom is 0.339 e. The van der Waals surface area contributed by atoms with Gasteiger partial charge in [-0.3, -0.25) is 10.2 Å². The Hall–Kier alpha value is -3.74. The van der Waals surface area contributed by atoms with Crippen molar-refractivity contribution in [3.8, 4) is 11.5 Å². The van der Waals surface area contributed by atoms with Gasteiger partial charge in [0.15, 0.2) is 17.3 Å². The van der Waals surface area contributed by atoms with Crippen LogP contribution in [0.5, 0.6) is 11.5 Å². The Morgan fingerprint density at radius 1 is 1.05 bits per heavy atom. The Morgan fingerprint density at radius 3 is 2.35 bits per heavy atom. The number of amides is 1. The lowest BCUT2D eigenvalue weighted by atomic mass is 10.1. The molecule has 2 heterocycles. The average Bonchev–Trinajstić information content (AvgIpc) is 3.33. The highest BCUT2D eigenvalue weighted by Gasteiger charge is 2.36. The molecule has 3 aromatic rings. The Labute approximate surface area is 244 Å². The van der Waals surface area contributed by atoms with Crippen LogP contribution in [0, 0.1) is 19.3 Å². The van der Waals surface area contributed by atoms with Gasteiger partial charge in [-0.2, -0.15) is 23.5 Å². The van der Waals surface area contributed by atoms with Gasteiger partial charge in [-0.15, -0.1) is 0 Å². The number of halogens is 1. The Balaban J connectivity index is 1.47. The molecule has 0 aromatic heterocycles. The summed E-state index contributed by atoms with van der Waals surface area (Å²) in [5.74, 6) is -0.588.